The van der Waals surface area contributed by atoms with E-state index >= 15 is 0 Å². The monoisotopic (exact) mass is 281 g/mol. The van der Waals surface area contributed by atoms with Crippen molar-refractivity contribution in [3.05, 3.63) is 0 Å². The van der Waals surface area contributed by atoms with E-state index in [1.165, 1.54) is 6.42 Å². The predicted octanol–water partition coefficient (Wildman–Crippen LogP) is 3.80. The molecule has 0 fully saturated rings. The molecule has 0 aromatic heterocycles. The van der Waals surface area contributed by atoms with Gasteiger partial charge in [0.2, 0.25) is 0 Å². The lowest BCUT2D eigenvalue weighted by atomic mass is 9.95. The fourth-order valence-corrected chi connectivity index (χ4v) is 2.72. The second-order valence-electron chi connectivity index (χ2n) is 7.16. The first-order chi connectivity index (χ1) is 9.20. The average molecular weight is 281 g/mol. The van der Waals surface area contributed by atoms with Crippen LogP contribution in [-0.4, -0.2) is 36.1 Å². The SMILES string of the molecule is CC(C)CC(C)N(C)CCCCC(C)(C#N)NC(C)C. The summed E-state index contributed by atoms with van der Waals surface area (Å²) in [6.07, 6.45) is 4.44. The van der Waals surface area contributed by atoms with Gasteiger partial charge in [0, 0.05) is 12.1 Å². The highest BCUT2D eigenvalue weighted by molar-refractivity contribution is 5.04. The zero-order chi connectivity index (χ0) is 15.8. The van der Waals surface area contributed by atoms with Gasteiger partial charge in [-0.15, -0.1) is 0 Å². The summed E-state index contributed by atoms with van der Waals surface area (Å²) in [5, 5.41) is 12.7. The Morgan fingerprint density at radius 3 is 2.20 bits per heavy atom. The summed E-state index contributed by atoms with van der Waals surface area (Å²) in [4.78, 5) is 2.44. The largest absolute Gasteiger partial charge is 0.304 e. The minimum atomic E-state index is -0.379. The summed E-state index contributed by atoms with van der Waals surface area (Å²) in [5.41, 5.74) is -0.379. The highest BCUT2D eigenvalue weighted by Gasteiger charge is 2.23. The number of hydrogen-bond acceptors (Lipinski definition) is 3. The van der Waals surface area contributed by atoms with Crippen LogP contribution in [0.15, 0.2) is 0 Å². The minimum Gasteiger partial charge on any atom is -0.304 e. The third kappa shape index (κ3) is 8.55. The molecule has 1 N–H and O–H groups in total. The molecule has 20 heavy (non-hydrogen) atoms. The van der Waals surface area contributed by atoms with Gasteiger partial charge in [-0.1, -0.05) is 13.8 Å². The molecule has 0 aliphatic rings. The Bertz CT molecular complexity index is 293. The van der Waals surface area contributed by atoms with E-state index < -0.39 is 0 Å². The van der Waals surface area contributed by atoms with Crippen LogP contribution in [-0.2, 0) is 0 Å². The zero-order valence-corrected chi connectivity index (χ0v) is 14.7. The van der Waals surface area contributed by atoms with Crippen LogP contribution >= 0.6 is 0 Å². The molecule has 0 heterocycles. The molecule has 0 spiro atoms. The van der Waals surface area contributed by atoms with Crippen LogP contribution in [0.25, 0.3) is 0 Å². The molecular formula is C17H35N3. The normalized spacial score (nSPS) is 16.4. The molecule has 0 radical (unpaired) electrons. The van der Waals surface area contributed by atoms with Crippen molar-refractivity contribution in [2.75, 3.05) is 13.6 Å². The zero-order valence-electron chi connectivity index (χ0n) is 14.7. The van der Waals surface area contributed by atoms with E-state index in [0.717, 1.165) is 31.7 Å². The minimum absolute atomic E-state index is 0.355. The predicted molar refractivity (Wildman–Crippen MR) is 87.7 cm³/mol. The van der Waals surface area contributed by atoms with E-state index in [1.54, 1.807) is 0 Å². The van der Waals surface area contributed by atoms with Crippen LogP contribution in [0.4, 0.5) is 0 Å². The van der Waals surface area contributed by atoms with Crippen LogP contribution in [0.2, 0.25) is 0 Å². The number of nitrogens with one attached hydrogen (secondary N) is 1. The Kier molecular flexibility index (Phi) is 9.09. The van der Waals surface area contributed by atoms with Crippen molar-refractivity contribution in [1.82, 2.24) is 10.2 Å². The highest BCUT2D eigenvalue weighted by atomic mass is 15.1. The van der Waals surface area contributed by atoms with Gasteiger partial charge in [0.05, 0.1) is 6.07 Å². The highest BCUT2D eigenvalue weighted by Crippen LogP contribution is 2.15. The van der Waals surface area contributed by atoms with E-state index in [2.05, 4.69) is 58.0 Å². The molecule has 0 bridgehead atoms. The van der Waals surface area contributed by atoms with Crippen molar-refractivity contribution in [2.24, 2.45) is 5.92 Å². The van der Waals surface area contributed by atoms with Crippen molar-refractivity contribution >= 4 is 0 Å². The standard InChI is InChI=1S/C17H35N3/c1-14(2)12-16(5)20(7)11-9-8-10-17(6,13-18)19-15(3)4/h14-16,19H,8-12H2,1-7H3. The molecule has 0 aliphatic carbocycles. The Hall–Kier alpha value is -0.590. The van der Waals surface area contributed by atoms with Crippen LogP contribution in [0.5, 0.6) is 0 Å². The maximum absolute atomic E-state index is 9.31. The molecule has 0 aromatic rings. The van der Waals surface area contributed by atoms with E-state index in [-0.39, 0.29) is 5.54 Å². The maximum Gasteiger partial charge on any atom is 0.104 e. The first kappa shape index (κ1) is 19.4. The van der Waals surface area contributed by atoms with Crippen LogP contribution < -0.4 is 5.32 Å². The lowest BCUT2D eigenvalue weighted by Crippen LogP contribution is -2.45. The van der Waals surface area contributed by atoms with E-state index in [0.29, 0.717) is 12.1 Å². The van der Waals surface area contributed by atoms with Crippen LogP contribution in [0, 0.1) is 17.2 Å². The molecule has 0 amide bonds. The summed E-state index contributed by atoms with van der Waals surface area (Å²) >= 11 is 0. The van der Waals surface area contributed by atoms with Gasteiger partial charge in [-0.3, -0.25) is 5.32 Å². The molecule has 3 nitrogen and oxygen atoms in total. The van der Waals surface area contributed by atoms with Gasteiger partial charge < -0.3 is 4.90 Å². The van der Waals surface area contributed by atoms with E-state index in [1.807, 2.05) is 6.92 Å². The topological polar surface area (TPSA) is 39.1 Å². The van der Waals surface area contributed by atoms with E-state index in [4.69, 9.17) is 0 Å². The van der Waals surface area contributed by atoms with Crippen molar-refractivity contribution in [3.8, 4) is 6.07 Å². The Morgan fingerprint density at radius 1 is 1.15 bits per heavy atom. The van der Waals surface area contributed by atoms with Gasteiger partial charge in [-0.05, 0) is 72.9 Å². The number of rotatable bonds is 10. The van der Waals surface area contributed by atoms with Crippen LogP contribution in [0.1, 0.15) is 67.2 Å². The molecule has 0 aliphatic heterocycles. The Morgan fingerprint density at radius 2 is 1.75 bits per heavy atom. The molecular weight excluding hydrogens is 246 g/mol. The van der Waals surface area contributed by atoms with Gasteiger partial charge in [-0.25, -0.2) is 0 Å². The van der Waals surface area contributed by atoms with Crippen molar-refractivity contribution in [3.63, 3.8) is 0 Å². The number of nitriles is 1. The molecule has 2 unspecified atom stereocenters. The summed E-state index contributed by atoms with van der Waals surface area (Å²) in [5.74, 6) is 0.754. The number of hydrogen-bond donors (Lipinski definition) is 1. The van der Waals surface area contributed by atoms with Gasteiger partial charge in [0.1, 0.15) is 5.54 Å². The summed E-state index contributed by atoms with van der Waals surface area (Å²) in [6.45, 7) is 14.2. The first-order valence-corrected chi connectivity index (χ1v) is 8.09. The third-order valence-electron chi connectivity index (χ3n) is 3.86. The fourth-order valence-electron chi connectivity index (χ4n) is 2.72. The molecule has 0 saturated carbocycles. The van der Waals surface area contributed by atoms with Gasteiger partial charge in [0.25, 0.3) is 0 Å². The van der Waals surface area contributed by atoms with Crippen molar-refractivity contribution in [2.45, 2.75) is 84.8 Å². The lowest BCUT2D eigenvalue weighted by Gasteiger charge is -2.28. The molecule has 2 atom stereocenters. The quantitative estimate of drug-likeness (QED) is 0.619. The average Bonchev–Trinajstić information content (AvgIpc) is 2.32. The summed E-state index contributed by atoms with van der Waals surface area (Å²) in [7, 11) is 2.21. The summed E-state index contributed by atoms with van der Waals surface area (Å²) in [6, 6.07) is 3.42. The molecule has 0 aromatic carbocycles. The molecule has 3 heteroatoms. The third-order valence-corrected chi connectivity index (χ3v) is 3.86. The smallest absolute Gasteiger partial charge is 0.104 e. The Balaban J connectivity index is 3.98. The van der Waals surface area contributed by atoms with Gasteiger partial charge >= 0.3 is 0 Å². The number of nitrogens with zero attached hydrogens (tertiary/aromatic N) is 2. The maximum atomic E-state index is 9.31. The van der Waals surface area contributed by atoms with E-state index in [9.17, 15) is 5.26 Å². The Labute approximate surface area is 126 Å². The van der Waals surface area contributed by atoms with Crippen molar-refractivity contribution in [1.29, 1.82) is 5.26 Å². The second kappa shape index (κ2) is 9.37. The summed E-state index contributed by atoms with van der Waals surface area (Å²) < 4.78 is 0. The van der Waals surface area contributed by atoms with Crippen molar-refractivity contribution < 1.29 is 0 Å². The molecule has 0 saturated heterocycles. The molecule has 118 valence electrons. The van der Waals surface area contributed by atoms with Crippen LogP contribution in [0.3, 0.4) is 0 Å². The lowest BCUT2D eigenvalue weighted by molar-refractivity contribution is 0.221. The number of unbranched alkanes of at least 4 members (excludes halogenated alkanes) is 1. The van der Waals surface area contributed by atoms with Gasteiger partial charge in [0.15, 0.2) is 0 Å². The van der Waals surface area contributed by atoms with Gasteiger partial charge in [-0.2, -0.15) is 5.26 Å². The second-order valence-corrected chi connectivity index (χ2v) is 7.16. The molecule has 0 rings (SSSR count). The fraction of sp³-hybridized carbons (Fsp3) is 0.941. The first-order valence-electron chi connectivity index (χ1n) is 8.09.